The van der Waals surface area contributed by atoms with Crippen LogP contribution in [0.2, 0.25) is 0 Å². The number of hydrogen-bond acceptors (Lipinski definition) is 8. The number of methoxy groups -OCH3 is 1. The predicted octanol–water partition coefficient (Wildman–Crippen LogP) is 2.68. The minimum atomic E-state index is -0.458. The molecule has 0 bridgehead atoms. The molecule has 2 N–H and O–H groups in total. The van der Waals surface area contributed by atoms with Gasteiger partial charge in [0.1, 0.15) is 17.4 Å². The topological polar surface area (TPSA) is 103 Å². The lowest BCUT2D eigenvalue weighted by molar-refractivity contribution is -0.133. The van der Waals surface area contributed by atoms with Crippen LogP contribution in [0, 0.1) is 5.92 Å². The Morgan fingerprint density at radius 3 is 2.38 bits per heavy atom. The van der Waals surface area contributed by atoms with Crippen molar-refractivity contribution in [2.24, 2.45) is 5.92 Å². The Balaban J connectivity index is 1.24. The van der Waals surface area contributed by atoms with E-state index in [4.69, 9.17) is 9.47 Å². The monoisotopic (exact) mass is 515 g/mol. The maximum atomic E-state index is 12.3. The van der Waals surface area contributed by atoms with Crippen LogP contribution in [0.4, 0.5) is 16.2 Å². The highest BCUT2D eigenvalue weighted by atomic mass is 16.6. The van der Waals surface area contributed by atoms with Crippen LogP contribution >= 0.6 is 0 Å². The quantitative estimate of drug-likeness (QED) is 0.558. The Hall–Kier alpha value is -3.01. The second-order valence-electron chi connectivity index (χ2n) is 11.2. The highest BCUT2D eigenvalue weighted by Crippen LogP contribution is 2.33. The van der Waals surface area contributed by atoms with Gasteiger partial charge in [0.05, 0.1) is 12.8 Å². The van der Waals surface area contributed by atoms with Gasteiger partial charge in [0, 0.05) is 64.0 Å². The molecule has 1 aromatic rings. The molecule has 3 aliphatic rings. The van der Waals surface area contributed by atoms with Crippen LogP contribution in [-0.2, 0) is 14.3 Å². The molecule has 37 heavy (non-hydrogen) atoms. The molecule has 10 heteroatoms. The van der Waals surface area contributed by atoms with Gasteiger partial charge in [0.15, 0.2) is 0 Å². The first-order chi connectivity index (χ1) is 17.6. The molecule has 4 rings (SSSR count). The Labute approximate surface area is 219 Å². The van der Waals surface area contributed by atoms with E-state index in [0.717, 1.165) is 75.8 Å². The lowest BCUT2D eigenvalue weighted by Crippen LogP contribution is -2.49. The first-order valence-corrected chi connectivity index (χ1v) is 13.3. The summed E-state index contributed by atoms with van der Waals surface area (Å²) in [5, 5.41) is 5.61. The summed E-state index contributed by atoms with van der Waals surface area (Å²) in [4.78, 5) is 42.5. The lowest BCUT2D eigenvalue weighted by Gasteiger charge is -2.40. The van der Waals surface area contributed by atoms with Crippen LogP contribution in [0.5, 0.6) is 5.75 Å². The number of piperidine rings is 2. The fourth-order valence-electron chi connectivity index (χ4n) is 5.22. The van der Waals surface area contributed by atoms with Crippen LogP contribution in [-0.4, -0.2) is 92.3 Å². The van der Waals surface area contributed by atoms with Crippen molar-refractivity contribution < 1.29 is 23.9 Å². The molecule has 0 aliphatic carbocycles. The van der Waals surface area contributed by atoms with Crippen LogP contribution in [0.15, 0.2) is 18.2 Å². The van der Waals surface area contributed by atoms with Crippen LogP contribution < -0.4 is 20.3 Å². The Morgan fingerprint density at radius 1 is 1.05 bits per heavy atom. The third kappa shape index (κ3) is 7.28. The van der Waals surface area contributed by atoms with Crippen molar-refractivity contribution in [1.82, 2.24) is 15.1 Å². The Kier molecular flexibility index (Phi) is 8.46. The molecule has 3 amide bonds. The number of anilines is 2. The van der Waals surface area contributed by atoms with E-state index in [1.165, 1.54) is 0 Å². The Morgan fingerprint density at radius 2 is 1.76 bits per heavy atom. The van der Waals surface area contributed by atoms with Crippen LogP contribution in [0.3, 0.4) is 0 Å². The molecule has 3 saturated heterocycles. The van der Waals surface area contributed by atoms with E-state index in [0.29, 0.717) is 18.8 Å². The van der Waals surface area contributed by atoms with E-state index in [1.807, 2.05) is 43.9 Å². The van der Waals surface area contributed by atoms with Gasteiger partial charge < -0.3 is 24.6 Å². The maximum absolute atomic E-state index is 12.3. The number of benzene rings is 1. The van der Waals surface area contributed by atoms with Gasteiger partial charge in [-0.05, 0) is 58.1 Å². The number of carbonyl (C=O) groups is 3. The Bertz CT molecular complexity index is 978. The summed E-state index contributed by atoms with van der Waals surface area (Å²) in [7, 11) is 1.66. The standard InChI is InChI=1S/C27H41N5O5/c1-27(2,3)37-26(35)32-11-9-19(10-12-32)18-30-13-15-31(16-14-30)22-7-5-20(17-23(22)36-4)28-21-6-8-24(33)29-25(21)34/h5,7,17,19,21,28H,6,8-16,18H2,1-4H3,(H,29,33,34). The predicted molar refractivity (Wildman–Crippen MR) is 142 cm³/mol. The molecular formula is C27H41N5O5. The number of hydrogen-bond donors (Lipinski definition) is 2. The smallest absolute Gasteiger partial charge is 0.410 e. The summed E-state index contributed by atoms with van der Waals surface area (Å²) in [5.74, 6) is 0.852. The number of carbonyl (C=O) groups excluding carboxylic acids is 3. The SMILES string of the molecule is COc1cc(NC2CCC(=O)NC2=O)ccc1N1CCN(CC2CCN(C(=O)OC(C)(C)C)CC2)CC1. The molecule has 1 aromatic carbocycles. The number of piperazine rings is 1. The number of amides is 3. The van der Waals surface area contributed by atoms with Gasteiger partial charge in [-0.1, -0.05) is 0 Å². The van der Waals surface area contributed by atoms with E-state index >= 15 is 0 Å². The summed E-state index contributed by atoms with van der Waals surface area (Å²) in [6.45, 7) is 12.1. The van der Waals surface area contributed by atoms with Crippen molar-refractivity contribution in [2.75, 3.05) is 63.1 Å². The first-order valence-electron chi connectivity index (χ1n) is 13.3. The molecule has 0 spiro atoms. The zero-order valence-corrected chi connectivity index (χ0v) is 22.5. The molecule has 1 unspecified atom stereocenters. The molecule has 0 aromatic heterocycles. The van der Waals surface area contributed by atoms with Gasteiger partial charge in [-0.2, -0.15) is 0 Å². The largest absolute Gasteiger partial charge is 0.495 e. The van der Waals surface area contributed by atoms with Crippen molar-refractivity contribution in [1.29, 1.82) is 0 Å². The fraction of sp³-hybridized carbons (Fsp3) is 0.667. The minimum Gasteiger partial charge on any atom is -0.495 e. The zero-order valence-electron chi connectivity index (χ0n) is 22.5. The van der Waals surface area contributed by atoms with E-state index in [1.54, 1.807) is 7.11 Å². The molecule has 3 fully saturated rings. The van der Waals surface area contributed by atoms with Gasteiger partial charge in [0.25, 0.3) is 0 Å². The van der Waals surface area contributed by atoms with E-state index < -0.39 is 11.6 Å². The van der Waals surface area contributed by atoms with Gasteiger partial charge in [0.2, 0.25) is 11.8 Å². The first kappa shape index (κ1) is 27.0. The highest BCUT2D eigenvalue weighted by molar-refractivity contribution is 6.01. The minimum absolute atomic E-state index is 0.202. The molecule has 1 atom stereocenters. The van der Waals surface area contributed by atoms with E-state index in [-0.39, 0.29) is 17.9 Å². The number of imide groups is 1. The van der Waals surface area contributed by atoms with Crippen molar-refractivity contribution in [2.45, 2.75) is 58.1 Å². The number of rotatable bonds is 6. The second kappa shape index (κ2) is 11.6. The van der Waals surface area contributed by atoms with E-state index in [9.17, 15) is 14.4 Å². The number of nitrogens with zero attached hydrogens (tertiary/aromatic N) is 3. The van der Waals surface area contributed by atoms with Crippen LogP contribution in [0.25, 0.3) is 0 Å². The van der Waals surface area contributed by atoms with Crippen LogP contribution in [0.1, 0.15) is 46.5 Å². The number of likely N-dealkylation sites (tertiary alicyclic amines) is 1. The molecule has 0 saturated carbocycles. The fourth-order valence-corrected chi connectivity index (χ4v) is 5.22. The summed E-state index contributed by atoms with van der Waals surface area (Å²) in [5.41, 5.74) is 1.38. The average molecular weight is 516 g/mol. The second-order valence-corrected chi connectivity index (χ2v) is 11.2. The van der Waals surface area contributed by atoms with Crippen molar-refractivity contribution in [3.05, 3.63) is 18.2 Å². The summed E-state index contributed by atoms with van der Waals surface area (Å²) < 4.78 is 11.2. The highest BCUT2D eigenvalue weighted by Gasteiger charge is 2.30. The molecule has 3 aliphatic heterocycles. The van der Waals surface area contributed by atoms with E-state index in [2.05, 4.69) is 20.4 Å². The summed E-state index contributed by atoms with van der Waals surface area (Å²) in [6.07, 6.45) is 2.64. The van der Waals surface area contributed by atoms with Gasteiger partial charge in [-0.25, -0.2) is 4.79 Å². The maximum Gasteiger partial charge on any atom is 0.410 e. The van der Waals surface area contributed by atoms with Crippen molar-refractivity contribution in [3.63, 3.8) is 0 Å². The number of ether oxygens (including phenoxy) is 2. The van der Waals surface area contributed by atoms with Gasteiger partial charge >= 0.3 is 6.09 Å². The van der Waals surface area contributed by atoms with Gasteiger partial charge in [-0.3, -0.25) is 19.8 Å². The molecule has 0 radical (unpaired) electrons. The summed E-state index contributed by atoms with van der Waals surface area (Å²) in [6, 6.07) is 5.50. The van der Waals surface area contributed by atoms with Crippen molar-refractivity contribution >= 4 is 29.3 Å². The van der Waals surface area contributed by atoms with Crippen molar-refractivity contribution in [3.8, 4) is 5.75 Å². The summed E-state index contributed by atoms with van der Waals surface area (Å²) >= 11 is 0. The van der Waals surface area contributed by atoms with Gasteiger partial charge in [-0.15, -0.1) is 0 Å². The number of nitrogens with one attached hydrogen (secondary N) is 2. The third-order valence-corrected chi connectivity index (χ3v) is 7.26. The molecular weight excluding hydrogens is 474 g/mol. The normalized spacial score (nSPS) is 22.0. The lowest BCUT2D eigenvalue weighted by atomic mass is 9.96. The third-order valence-electron chi connectivity index (χ3n) is 7.26. The average Bonchev–Trinajstić information content (AvgIpc) is 2.85. The molecule has 10 nitrogen and oxygen atoms in total. The molecule has 204 valence electrons. The molecule has 3 heterocycles. The zero-order chi connectivity index (χ0) is 26.6.